The van der Waals surface area contributed by atoms with E-state index >= 15 is 0 Å². The zero-order valence-electron chi connectivity index (χ0n) is 20.9. The topological polar surface area (TPSA) is 110 Å². The monoisotopic (exact) mass is 459 g/mol. The molecule has 4 rings (SSSR count). The second kappa shape index (κ2) is 7.89. The summed E-state index contributed by atoms with van der Waals surface area (Å²) in [5.41, 5.74) is 6.09. The highest BCUT2D eigenvalue weighted by Crippen LogP contribution is 2.88. The van der Waals surface area contributed by atoms with Gasteiger partial charge in [-0.05, 0) is 47.8 Å². The molecule has 4 atom stereocenters. The summed E-state index contributed by atoms with van der Waals surface area (Å²) in [4.78, 5) is 52.4. The number of Topliss-reactive ketones (excluding diaryl/α,β-unsaturated/α-hetero) is 1. The van der Waals surface area contributed by atoms with Crippen molar-refractivity contribution in [3.05, 3.63) is 0 Å². The number of carbonyl (C=O) groups excluding carboxylic acids is 4. The largest absolute Gasteiger partial charge is 0.344 e. The fourth-order valence-electron chi connectivity index (χ4n) is 7.27. The predicted molar refractivity (Wildman–Crippen MR) is 125 cm³/mol. The van der Waals surface area contributed by atoms with E-state index in [2.05, 4.69) is 19.2 Å². The molecule has 1 aliphatic heterocycles. The van der Waals surface area contributed by atoms with Gasteiger partial charge in [-0.1, -0.05) is 60.3 Å². The fourth-order valence-corrected chi connectivity index (χ4v) is 7.27. The van der Waals surface area contributed by atoms with E-state index in [9.17, 15) is 19.2 Å². The molecule has 33 heavy (non-hydrogen) atoms. The number of nitrogens with two attached hydrogens (primary N) is 1. The molecule has 0 aromatic rings. The van der Waals surface area contributed by atoms with Gasteiger partial charge in [-0.25, -0.2) is 0 Å². The van der Waals surface area contributed by atoms with Crippen LogP contribution in [0.4, 0.5) is 0 Å². The highest BCUT2D eigenvalue weighted by molar-refractivity contribution is 6.28. The lowest BCUT2D eigenvalue weighted by atomic mass is 9.73. The molecule has 3 aliphatic carbocycles. The Morgan fingerprint density at radius 3 is 2.18 bits per heavy atom. The molecule has 0 bridgehead atoms. The van der Waals surface area contributed by atoms with E-state index in [-0.39, 0.29) is 28.1 Å². The van der Waals surface area contributed by atoms with Crippen molar-refractivity contribution in [2.75, 3.05) is 6.54 Å². The van der Waals surface area contributed by atoms with Crippen LogP contribution < -0.4 is 11.1 Å². The highest BCUT2D eigenvalue weighted by atomic mass is 16.2. The molecule has 1 heterocycles. The SMILES string of the molecule is CC(C)(C)[C@@H](N)C(=O)N1C[C@]2(CC1C(=O)NC(CC1CCC1)C(=O)C=O)C(C)(C)C21CCC1. The van der Waals surface area contributed by atoms with Gasteiger partial charge < -0.3 is 16.0 Å². The van der Waals surface area contributed by atoms with Gasteiger partial charge in [0.05, 0.1) is 12.1 Å². The smallest absolute Gasteiger partial charge is 0.243 e. The van der Waals surface area contributed by atoms with E-state index in [1.54, 1.807) is 4.90 Å². The third kappa shape index (κ3) is 3.48. The number of ketones is 1. The minimum absolute atomic E-state index is 0.0571. The molecule has 3 N–H and O–H groups in total. The first-order valence-corrected chi connectivity index (χ1v) is 12.7. The Balaban J connectivity index is 1.59. The average Bonchev–Trinajstić information content (AvgIpc) is 2.94. The van der Waals surface area contributed by atoms with Crippen LogP contribution in [-0.4, -0.2) is 53.5 Å². The minimum atomic E-state index is -0.810. The first kappa shape index (κ1) is 24.4. The van der Waals surface area contributed by atoms with Crippen molar-refractivity contribution < 1.29 is 19.2 Å². The predicted octanol–water partition coefficient (Wildman–Crippen LogP) is 2.60. The maximum absolute atomic E-state index is 13.6. The van der Waals surface area contributed by atoms with Crippen LogP contribution in [-0.2, 0) is 19.2 Å². The standard InChI is InChI=1S/C26H41N3O4/c1-23(2,3)20(27)22(33)29-15-26(24(4,5)25(26)10-7-11-25)13-18(29)21(32)28-17(19(31)14-30)12-16-8-6-9-16/h14,16-18,20H,6-13,15,27H2,1-5H3,(H,28,32)/t17?,18?,20-,26+/m0/s1. The van der Waals surface area contributed by atoms with Gasteiger partial charge in [0.1, 0.15) is 6.04 Å². The highest BCUT2D eigenvalue weighted by Gasteiger charge is 2.85. The van der Waals surface area contributed by atoms with Crippen LogP contribution in [0.1, 0.15) is 86.0 Å². The van der Waals surface area contributed by atoms with Crippen LogP contribution in [0.5, 0.6) is 0 Å². The first-order valence-electron chi connectivity index (χ1n) is 12.7. The summed E-state index contributed by atoms with van der Waals surface area (Å²) < 4.78 is 0. The number of carbonyl (C=O) groups is 4. The summed E-state index contributed by atoms with van der Waals surface area (Å²) in [7, 11) is 0. The summed E-state index contributed by atoms with van der Waals surface area (Å²) in [5.74, 6) is -0.747. The number of likely N-dealkylation sites (tertiary alicyclic amines) is 1. The maximum atomic E-state index is 13.6. The van der Waals surface area contributed by atoms with E-state index in [0.717, 1.165) is 32.1 Å². The summed E-state index contributed by atoms with van der Waals surface area (Å²) in [5, 5.41) is 2.87. The molecule has 7 heteroatoms. The molecule has 2 amide bonds. The summed E-state index contributed by atoms with van der Waals surface area (Å²) >= 11 is 0. The van der Waals surface area contributed by atoms with Gasteiger partial charge in [0, 0.05) is 12.0 Å². The zero-order chi connectivity index (χ0) is 24.4. The number of aldehydes is 1. The zero-order valence-corrected chi connectivity index (χ0v) is 20.9. The lowest BCUT2D eigenvalue weighted by Crippen LogP contribution is -2.56. The van der Waals surface area contributed by atoms with Gasteiger partial charge in [-0.15, -0.1) is 0 Å². The molecule has 0 aromatic carbocycles. The molecule has 0 radical (unpaired) electrons. The number of hydrogen-bond acceptors (Lipinski definition) is 5. The minimum Gasteiger partial charge on any atom is -0.344 e. The second-order valence-electron chi connectivity index (χ2n) is 12.8. The van der Waals surface area contributed by atoms with Gasteiger partial charge >= 0.3 is 0 Å². The molecule has 2 spiro atoms. The molecule has 4 aliphatic rings. The Morgan fingerprint density at radius 2 is 1.76 bits per heavy atom. The van der Waals surface area contributed by atoms with Crippen molar-refractivity contribution in [2.45, 2.75) is 104 Å². The lowest BCUT2D eigenvalue weighted by molar-refractivity contribution is -0.142. The van der Waals surface area contributed by atoms with Crippen LogP contribution in [0.3, 0.4) is 0 Å². The number of fused-ring (bicyclic) bond motifs is 1. The van der Waals surface area contributed by atoms with Crippen molar-refractivity contribution in [2.24, 2.45) is 33.3 Å². The normalized spacial score (nSPS) is 31.5. The second-order valence-corrected chi connectivity index (χ2v) is 12.8. The summed E-state index contributed by atoms with van der Waals surface area (Å²) in [6, 6.07) is -2.19. The van der Waals surface area contributed by atoms with Gasteiger partial charge in [0.15, 0.2) is 6.29 Å². The number of hydrogen-bond donors (Lipinski definition) is 2. The van der Waals surface area contributed by atoms with Crippen LogP contribution in [0.25, 0.3) is 0 Å². The Bertz CT molecular complexity index is 852. The van der Waals surface area contributed by atoms with E-state index in [0.29, 0.717) is 31.6 Å². The van der Waals surface area contributed by atoms with Gasteiger partial charge in [-0.3, -0.25) is 19.2 Å². The van der Waals surface area contributed by atoms with Crippen molar-refractivity contribution in [1.82, 2.24) is 10.2 Å². The molecule has 1 saturated heterocycles. The van der Waals surface area contributed by atoms with Crippen molar-refractivity contribution in [3.8, 4) is 0 Å². The van der Waals surface area contributed by atoms with Gasteiger partial charge in [0.2, 0.25) is 17.6 Å². The van der Waals surface area contributed by atoms with E-state index in [1.807, 2.05) is 20.8 Å². The first-order chi connectivity index (χ1) is 15.3. The van der Waals surface area contributed by atoms with Crippen LogP contribution in [0.2, 0.25) is 0 Å². The molecular formula is C26H41N3O4. The van der Waals surface area contributed by atoms with Crippen molar-refractivity contribution >= 4 is 23.9 Å². The van der Waals surface area contributed by atoms with Crippen molar-refractivity contribution in [1.29, 1.82) is 0 Å². The quantitative estimate of drug-likeness (QED) is 0.449. The van der Waals surface area contributed by atoms with Gasteiger partial charge in [0.25, 0.3) is 0 Å². The molecule has 184 valence electrons. The third-order valence-electron chi connectivity index (χ3n) is 10.2. The molecule has 0 aromatic heterocycles. The fraction of sp³-hybridized carbons (Fsp3) is 0.846. The maximum Gasteiger partial charge on any atom is 0.243 e. The Hall–Kier alpha value is -1.76. The summed E-state index contributed by atoms with van der Waals surface area (Å²) in [6.07, 6.45) is 8.02. The van der Waals surface area contributed by atoms with E-state index in [1.165, 1.54) is 6.42 Å². The third-order valence-corrected chi connectivity index (χ3v) is 10.2. The molecule has 3 saturated carbocycles. The van der Waals surface area contributed by atoms with Crippen LogP contribution >= 0.6 is 0 Å². The number of nitrogens with zero attached hydrogens (tertiary/aromatic N) is 1. The molecular weight excluding hydrogens is 418 g/mol. The number of rotatable bonds is 7. The van der Waals surface area contributed by atoms with E-state index in [4.69, 9.17) is 5.73 Å². The number of amides is 2. The van der Waals surface area contributed by atoms with Gasteiger partial charge in [-0.2, -0.15) is 0 Å². The van der Waals surface area contributed by atoms with Crippen molar-refractivity contribution in [3.63, 3.8) is 0 Å². The summed E-state index contributed by atoms with van der Waals surface area (Å²) in [6.45, 7) is 10.9. The molecule has 2 unspecified atom stereocenters. The lowest BCUT2D eigenvalue weighted by Gasteiger charge is -2.34. The number of nitrogens with one attached hydrogen (secondary N) is 1. The Morgan fingerprint density at radius 1 is 1.12 bits per heavy atom. The van der Waals surface area contributed by atoms with Crippen LogP contribution in [0.15, 0.2) is 0 Å². The van der Waals surface area contributed by atoms with E-state index < -0.39 is 29.3 Å². The molecule has 4 fully saturated rings. The Labute approximate surface area is 197 Å². The van der Waals surface area contributed by atoms with Crippen LogP contribution in [0, 0.1) is 27.6 Å². The average molecular weight is 460 g/mol. The molecule has 7 nitrogen and oxygen atoms in total. The Kier molecular flexibility index (Phi) is 5.83.